The van der Waals surface area contributed by atoms with Gasteiger partial charge in [-0.05, 0) is 25.7 Å². The molecular formula is C21H39N3O5S. The third-order valence-electron chi connectivity index (χ3n) is 5.25. The Balaban J connectivity index is 1.31. The Morgan fingerprint density at radius 3 is 2.43 bits per heavy atom. The van der Waals surface area contributed by atoms with Gasteiger partial charge in [0.15, 0.2) is 0 Å². The number of urea groups is 1. The summed E-state index contributed by atoms with van der Waals surface area (Å²) in [6.07, 6.45) is 6.55. The Hall–Kier alpha value is -1.03. The minimum atomic E-state index is -0.0430. The summed E-state index contributed by atoms with van der Waals surface area (Å²) in [5, 5.41) is 9.38. The molecule has 8 nitrogen and oxygen atoms in total. The number of hydrogen-bond acceptors (Lipinski definition) is 6. The summed E-state index contributed by atoms with van der Waals surface area (Å²) >= 11 is 1.92. The van der Waals surface area contributed by atoms with Gasteiger partial charge < -0.3 is 30.2 Å². The topological polar surface area (TPSA) is 97.9 Å². The molecule has 0 aromatic heterocycles. The van der Waals surface area contributed by atoms with Crippen LogP contribution in [0.1, 0.15) is 51.9 Å². The zero-order valence-corrected chi connectivity index (χ0v) is 19.1. The van der Waals surface area contributed by atoms with Crippen molar-refractivity contribution in [1.82, 2.24) is 16.0 Å². The number of ether oxygens (including phenoxy) is 3. The number of fused-ring (bicyclic) bond motifs is 1. The van der Waals surface area contributed by atoms with Gasteiger partial charge in [0.1, 0.15) is 0 Å². The van der Waals surface area contributed by atoms with Crippen LogP contribution >= 0.6 is 11.8 Å². The molecule has 3 atom stereocenters. The SMILES string of the molecule is CCCCOCCOCCOCCCNC(=O)CCCC[C@@H]1SC[C@H]2NC(=O)N[C@@H]12. The van der Waals surface area contributed by atoms with Gasteiger partial charge in [-0.15, -0.1) is 0 Å². The lowest BCUT2D eigenvalue weighted by Crippen LogP contribution is -2.36. The molecule has 0 unspecified atom stereocenters. The molecule has 0 aliphatic carbocycles. The van der Waals surface area contributed by atoms with E-state index in [0.29, 0.717) is 51.2 Å². The maximum Gasteiger partial charge on any atom is 0.315 e. The summed E-state index contributed by atoms with van der Waals surface area (Å²) in [5.74, 6) is 1.09. The van der Waals surface area contributed by atoms with Gasteiger partial charge in [-0.3, -0.25) is 4.79 Å². The first-order valence-electron chi connectivity index (χ1n) is 11.4. The molecule has 0 saturated carbocycles. The molecule has 3 N–H and O–H groups in total. The number of unbranched alkanes of at least 4 members (excludes halogenated alkanes) is 2. The molecule has 2 rings (SSSR count). The fourth-order valence-electron chi connectivity index (χ4n) is 3.55. The maximum absolute atomic E-state index is 11.9. The Bertz CT molecular complexity index is 497. The number of amides is 3. The third-order valence-corrected chi connectivity index (χ3v) is 6.76. The molecule has 9 heteroatoms. The van der Waals surface area contributed by atoms with Crippen LogP contribution in [0.3, 0.4) is 0 Å². The van der Waals surface area contributed by atoms with Crippen molar-refractivity contribution in [3.05, 3.63) is 0 Å². The van der Waals surface area contributed by atoms with Crippen LogP contribution in [0.4, 0.5) is 4.79 Å². The molecule has 0 aromatic carbocycles. The molecule has 2 saturated heterocycles. The van der Waals surface area contributed by atoms with Crippen LogP contribution in [-0.4, -0.2) is 81.2 Å². The second-order valence-corrected chi connectivity index (χ2v) is 9.03. The van der Waals surface area contributed by atoms with Crippen LogP contribution in [0, 0.1) is 0 Å². The maximum atomic E-state index is 11.9. The van der Waals surface area contributed by atoms with Crippen LogP contribution in [0.5, 0.6) is 0 Å². The lowest BCUT2D eigenvalue weighted by molar-refractivity contribution is -0.121. The van der Waals surface area contributed by atoms with Gasteiger partial charge in [-0.25, -0.2) is 4.79 Å². The summed E-state index contributed by atoms with van der Waals surface area (Å²) in [6, 6.07) is 0.480. The van der Waals surface area contributed by atoms with Crippen LogP contribution in [-0.2, 0) is 19.0 Å². The minimum Gasteiger partial charge on any atom is -0.379 e. The van der Waals surface area contributed by atoms with Gasteiger partial charge in [0.2, 0.25) is 5.91 Å². The normalized spacial score (nSPS) is 22.6. The van der Waals surface area contributed by atoms with Crippen LogP contribution in [0.15, 0.2) is 0 Å². The van der Waals surface area contributed by atoms with Crippen molar-refractivity contribution in [3.63, 3.8) is 0 Å². The standard InChI is InChI=1S/C21H39N3O5S/c1-2-3-10-27-12-14-29-15-13-28-11-6-9-22-19(25)8-5-4-7-18-20-17(16-30-18)23-21(26)24-20/h17-18,20H,2-16H2,1H3,(H,22,25)(H2,23,24,26)/t17-,18+,20-/m1/s1. The van der Waals surface area contributed by atoms with E-state index in [1.807, 2.05) is 11.8 Å². The van der Waals surface area contributed by atoms with Crippen molar-refractivity contribution in [2.45, 2.75) is 69.2 Å². The summed E-state index contributed by atoms with van der Waals surface area (Å²) in [7, 11) is 0. The average molecular weight is 446 g/mol. The molecule has 3 amide bonds. The monoisotopic (exact) mass is 445 g/mol. The molecule has 0 radical (unpaired) electrons. The first-order valence-corrected chi connectivity index (χ1v) is 12.4. The second kappa shape index (κ2) is 15.7. The molecule has 174 valence electrons. The Kier molecular flexibility index (Phi) is 13.2. The zero-order valence-electron chi connectivity index (χ0n) is 18.3. The van der Waals surface area contributed by atoms with Gasteiger partial charge in [-0.1, -0.05) is 19.8 Å². The summed E-state index contributed by atoms with van der Waals surface area (Å²) < 4.78 is 16.3. The van der Waals surface area contributed by atoms with Gasteiger partial charge in [0, 0.05) is 37.2 Å². The number of nitrogens with one attached hydrogen (secondary N) is 3. The van der Waals surface area contributed by atoms with E-state index in [-0.39, 0.29) is 24.0 Å². The van der Waals surface area contributed by atoms with Crippen LogP contribution in [0.25, 0.3) is 0 Å². The summed E-state index contributed by atoms with van der Waals surface area (Å²) in [5.41, 5.74) is 0. The molecular weight excluding hydrogens is 406 g/mol. The molecule has 0 bridgehead atoms. The number of carbonyl (C=O) groups excluding carboxylic acids is 2. The molecule has 2 aliphatic heterocycles. The fraction of sp³-hybridized carbons (Fsp3) is 0.905. The highest BCUT2D eigenvalue weighted by Crippen LogP contribution is 2.33. The van der Waals surface area contributed by atoms with Crippen LogP contribution < -0.4 is 16.0 Å². The van der Waals surface area contributed by atoms with E-state index in [1.54, 1.807) is 0 Å². The first-order chi connectivity index (χ1) is 14.7. The predicted octanol–water partition coefficient (Wildman–Crippen LogP) is 2.07. The van der Waals surface area contributed by atoms with Crippen molar-refractivity contribution >= 4 is 23.7 Å². The molecule has 30 heavy (non-hydrogen) atoms. The highest BCUT2D eigenvalue weighted by molar-refractivity contribution is 8.00. The lowest BCUT2D eigenvalue weighted by Gasteiger charge is -2.16. The minimum absolute atomic E-state index is 0.0430. The fourth-order valence-corrected chi connectivity index (χ4v) is 5.10. The molecule has 0 aromatic rings. The molecule has 2 heterocycles. The average Bonchev–Trinajstić information content (AvgIpc) is 3.28. The van der Waals surface area contributed by atoms with Gasteiger partial charge >= 0.3 is 6.03 Å². The first kappa shape index (κ1) is 25.2. The third kappa shape index (κ3) is 10.3. The van der Waals surface area contributed by atoms with Crippen molar-refractivity contribution in [2.24, 2.45) is 0 Å². The van der Waals surface area contributed by atoms with Gasteiger partial charge in [-0.2, -0.15) is 11.8 Å². The quantitative estimate of drug-likeness (QED) is 0.221. The molecule has 0 spiro atoms. The van der Waals surface area contributed by atoms with E-state index in [2.05, 4.69) is 22.9 Å². The van der Waals surface area contributed by atoms with Crippen molar-refractivity contribution < 1.29 is 23.8 Å². The van der Waals surface area contributed by atoms with Crippen molar-refractivity contribution in [1.29, 1.82) is 0 Å². The van der Waals surface area contributed by atoms with E-state index < -0.39 is 0 Å². The van der Waals surface area contributed by atoms with E-state index in [1.165, 1.54) is 0 Å². The number of thioether (sulfide) groups is 1. The van der Waals surface area contributed by atoms with E-state index in [4.69, 9.17) is 14.2 Å². The highest BCUT2D eigenvalue weighted by Gasteiger charge is 2.42. The second-order valence-electron chi connectivity index (χ2n) is 7.76. The highest BCUT2D eigenvalue weighted by atomic mass is 32.2. The van der Waals surface area contributed by atoms with Crippen LogP contribution in [0.2, 0.25) is 0 Å². The smallest absolute Gasteiger partial charge is 0.315 e. The number of hydrogen-bond donors (Lipinski definition) is 3. The van der Waals surface area contributed by atoms with E-state index >= 15 is 0 Å². The Labute approximate surface area is 184 Å². The summed E-state index contributed by atoms with van der Waals surface area (Å²) in [6.45, 7) is 6.60. The number of rotatable bonds is 18. The van der Waals surface area contributed by atoms with E-state index in [9.17, 15) is 9.59 Å². The Morgan fingerprint density at radius 2 is 1.70 bits per heavy atom. The molecule has 2 fully saturated rings. The summed E-state index contributed by atoms with van der Waals surface area (Å²) in [4.78, 5) is 23.3. The predicted molar refractivity (Wildman–Crippen MR) is 119 cm³/mol. The lowest BCUT2D eigenvalue weighted by atomic mass is 10.0. The van der Waals surface area contributed by atoms with Gasteiger partial charge in [0.25, 0.3) is 0 Å². The number of carbonyl (C=O) groups is 2. The largest absolute Gasteiger partial charge is 0.379 e. The Morgan fingerprint density at radius 1 is 1.00 bits per heavy atom. The van der Waals surface area contributed by atoms with Crippen molar-refractivity contribution in [3.8, 4) is 0 Å². The van der Waals surface area contributed by atoms with Gasteiger partial charge in [0.05, 0.1) is 38.5 Å². The van der Waals surface area contributed by atoms with Crippen molar-refractivity contribution in [2.75, 3.05) is 51.9 Å². The molecule has 2 aliphatic rings. The van der Waals surface area contributed by atoms with E-state index in [0.717, 1.165) is 50.9 Å². The zero-order chi connectivity index (χ0) is 21.4.